The van der Waals surface area contributed by atoms with Gasteiger partial charge in [0.15, 0.2) is 17.5 Å². The topological polar surface area (TPSA) is 67.4 Å². The minimum absolute atomic E-state index is 0.0271. The Morgan fingerprint density at radius 3 is 2.53 bits per heavy atom. The molecule has 0 bridgehead atoms. The first-order valence-electron chi connectivity index (χ1n) is 11.3. The maximum atomic E-state index is 6.07. The highest BCUT2D eigenvalue weighted by Crippen LogP contribution is 2.31. The van der Waals surface area contributed by atoms with E-state index in [4.69, 9.17) is 19.2 Å². The van der Waals surface area contributed by atoms with Crippen LogP contribution in [0.3, 0.4) is 0 Å². The van der Waals surface area contributed by atoms with Gasteiger partial charge in [-0.3, -0.25) is 9.89 Å². The second-order valence-electron chi connectivity index (χ2n) is 8.19. The highest BCUT2D eigenvalue weighted by Gasteiger charge is 2.39. The zero-order chi connectivity index (χ0) is 21.2. The van der Waals surface area contributed by atoms with Gasteiger partial charge in [0.05, 0.1) is 20.2 Å². The summed E-state index contributed by atoms with van der Waals surface area (Å²) in [7, 11) is 1.66. The molecule has 168 valence electrons. The maximum absolute atomic E-state index is 6.07. The maximum Gasteiger partial charge on any atom is 0.191 e. The standard InChI is InChI=1S/C23H38N4O3/c1-4-24-22(25-17-19(2)30-21-10-6-5-9-20(21)28-3)26-18-23(11-15-29-16-12-23)27-13-7-8-14-27/h5-6,9-10,19H,4,7-8,11-18H2,1-3H3,(H2,24,25,26). The van der Waals surface area contributed by atoms with Gasteiger partial charge in [-0.05, 0) is 64.8 Å². The largest absolute Gasteiger partial charge is 0.493 e. The molecule has 1 aromatic rings. The third-order valence-electron chi connectivity index (χ3n) is 6.03. The Morgan fingerprint density at radius 1 is 1.17 bits per heavy atom. The van der Waals surface area contributed by atoms with E-state index in [0.29, 0.717) is 6.54 Å². The Hall–Kier alpha value is -1.99. The van der Waals surface area contributed by atoms with Crippen LogP contribution in [0, 0.1) is 0 Å². The van der Waals surface area contributed by atoms with E-state index >= 15 is 0 Å². The number of ether oxygens (including phenoxy) is 3. The Morgan fingerprint density at radius 2 is 1.87 bits per heavy atom. The highest BCUT2D eigenvalue weighted by molar-refractivity contribution is 5.79. The molecule has 1 aromatic carbocycles. The summed E-state index contributed by atoms with van der Waals surface area (Å²) in [6, 6.07) is 7.73. The van der Waals surface area contributed by atoms with Gasteiger partial charge < -0.3 is 24.8 Å². The molecule has 7 heteroatoms. The molecule has 2 saturated heterocycles. The Labute approximate surface area is 181 Å². The van der Waals surface area contributed by atoms with E-state index in [1.54, 1.807) is 7.11 Å². The van der Waals surface area contributed by atoms with E-state index in [-0.39, 0.29) is 11.6 Å². The van der Waals surface area contributed by atoms with Crippen molar-refractivity contribution in [3.8, 4) is 11.5 Å². The fourth-order valence-corrected chi connectivity index (χ4v) is 4.30. The van der Waals surface area contributed by atoms with Crippen LogP contribution >= 0.6 is 0 Å². The van der Waals surface area contributed by atoms with E-state index in [1.165, 1.54) is 25.9 Å². The monoisotopic (exact) mass is 418 g/mol. The Kier molecular flexibility index (Phi) is 8.63. The lowest BCUT2D eigenvalue weighted by Crippen LogP contribution is -2.54. The summed E-state index contributed by atoms with van der Waals surface area (Å²) in [4.78, 5) is 7.63. The molecular formula is C23H38N4O3. The van der Waals surface area contributed by atoms with Crippen molar-refractivity contribution >= 4 is 5.96 Å². The van der Waals surface area contributed by atoms with Crippen molar-refractivity contribution in [3.63, 3.8) is 0 Å². The van der Waals surface area contributed by atoms with Crippen LogP contribution in [0.2, 0.25) is 0 Å². The molecule has 3 rings (SSSR count). The first-order valence-corrected chi connectivity index (χ1v) is 11.3. The predicted molar refractivity (Wildman–Crippen MR) is 121 cm³/mol. The second-order valence-corrected chi connectivity index (χ2v) is 8.19. The highest BCUT2D eigenvalue weighted by atomic mass is 16.5. The van der Waals surface area contributed by atoms with Gasteiger partial charge >= 0.3 is 0 Å². The molecule has 2 aliphatic heterocycles. The number of benzene rings is 1. The summed E-state index contributed by atoms with van der Waals surface area (Å²) >= 11 is 0. The third kappa shape index (κ3) is 6.01. The molecule has 7 nitrogen and oxygen atoms in total. The lowest BCUT2D eigenvalue weighted by Gasteiger charge is -2.43. The van der Waals surface area contributed by atoms with Crippen LogP contribution < -0.4 is 20.1 Å². The number of likely N-dealkylation sites (tertiary alicyclic amines) is 1. The van der Waals surface area contributed by atoms with Crippen molar-refractivity contribution in [1.29, 1.82) is 0 Å². The zero-order valence-electron chi connectivity index (χ0n) is 18.8. The first kappa shape index (κ1) is 22.7. The van der Waals surface area contributed by atoms with Crippen LogP contribution in [0.15, 0.2) is 29.3 Å². The van der Waals surface area contributed by atoms with E-state index in [2.05, 4.69) is 22.5 Å². The van der Waals surface area contributed by atoms with E-state index in [1.807, 2.05) is 31.2 Å². The van der Waals surface area contributed by atoms with Crippen LogP contribution in [0.1, 0.15) is 39.5 Å². The van der Waals surface area contributed by atoms with Crippen LogP contribution in [-0.2, 0) is 4.74 Å². The minimum atomic E-state index is -0.0271. The van der Waals surface area contributed by atoms with Crippen molar-refractivity contribution in [2.45, 2.75) is 51.2 Å². The summed E-state index contributed by atoms with van der Waals surface area (Å²) in [6.45, 7) is 10.5. The first-order chi connectivity index (χ1) is 14.7. The van der Waals surface area contributed by atoms with Gasteiger partial charge in [0.2, 0.25) is 0 Å². The van der Waals surface area contributed by atoms with Crippen LogP contribution in [0.25, 0.3) is 0 Å². The lowest BCUT2D eigenvalue weighted by molar-refractivity contribution is -0.0139. The van der Waals surface area contributed by atoms with Gasteiger partial charge in [-0.2, -0.15) is 0 Å². The predicted octanol–water partition coefficient (Wildman–Crippen LogP) is 2.66. The quantitative estimate of drug-likeness (QED) is 0.475. The summed E-state index contributed by atoms with van der Waals surface area (Å²) < 4.78 is 17.1. The summed E-state index contributed by atoms with van der Waals surface area (Å²) in [5.41, 5.74) is 0.136. The Bertz CT molecular complexity index is 670. The van der Waals surface area contributed by atoms with Crippen molar-refractivity contribution < 1.29 is 14.2 Å². The second kappa shape index (κ2) is 11.4. The SMILES string of the molecule is CCNC(=NCC1(N2CCCC2)CCOCC1)NCC(C)Oc1ccccc1OC. The average Bonchev–Trinajstić information content (AvgIpc) is 3.32. The van der Waals surface area contributed by atoms with E-state index < -0.39 is 0 Å². The minimum Gasteiger partial charge on any atom is -0.493 e. The van der Waals surface area contributed by atoms with Crippen molar-refractivity contribution in [2.24, 2.45) is 4.99 Å². The molecule has 0 aliphatic carbocycles. The lowest BCUT2D eigenvalue weighted by atomic mass is 9.88. The molecule has 1 unspecified atom stereocenters. The normalized spacial score (nSPS) is 20.6. The molecule has 0 radical (unpaired) electrons. The molecule has 0 amide bonds. The molecule has 0 aromatic heterocycles. The number of nitrogens with zero attached hydrogens (tertiary/aromatic N) is 2. The zero-order valence-corrected chi connectivity index (χ0v) is 18.8. The smallest absolute Gasteiger partial charge is 0.191 e. The fourth-order valence-electron chi connectivity index (χ4n) is 4.30. The van der Waals surface area contributed by atoms with Gasteiger partial charge in [-0.15, -0.1) is 0 Å². The fraction of sp³-hybridized carbons (Fsp3) is 0.696. The molecule has 1 atom stereocenters. The summed E-state index contributed by atoms with van der Waals surface area (Å²) in [6.07, 6.45) is 4.68. The van der Waals surface area contributed by atoms with Crippen LogP contribution in [-0.4, -0.2) is 75.5 Å². The van der Waals surface area contributed by atoms with Crippen molar-refractivity contribution in [1.82, 2.24) is 15.5 Å². The van der Waals surface area contributed by atoms with Gasteiger partial charge in [0.1, 0.15) is 6.10 Å². The van der Waals surface area contributed by atoms with Crippen LogP contribution in [0.5, 0.6) is 11.5 Å². The Balaban J connectivity index is 1.59. The molecule has 2 N–H and O–H groups in total. The van der Waals surface area contributed by atoms with E-state index in [0.717, 1.165) is 56.6 Å². The summed E-state index contributed by atoms with van der Waals surface area (Å²) in [5, 5.41) is 6.83. The van der Waals surface area contributed by atoms with Crippen molar-refractivity contribution in [3.05, 3.63) is 24.3 Å². The molecule has 0 spiro atoms. The van der Waals surface area contributed by atoms with Gasteiger partial charge in [-0.25, -0.2) is 0 Å². The summed E-state index contributed by atoms with van der Waals surface area (Å²) in [5.74, 6) is 2.35. The molecular weight excluding hydrogens is 380 g/mol. The molecule has 30 heavy (non-hydrogen) atoms. The van der Waals surface area contributed by atoms with Crippen LogP contribution in [0.4, 0.5) is 0 Å². The molecule has 2 heterocycles. The number of hydrogen-bond acceptors (Lipinski definition) is 5. The third-order valence-corrected chi connectivity index (χ3v) is 6.03. The number of nitrogens with one attached hydrogen (secondary N) is 2. The number of methoxy groups -OCH3 is 1. The number of hydrogen-bond donors (Lipinski definition) is 2. The molecule has 2 fully saturated rings. The van der Waals surface area contributed by atoms with Gasteiger partial charge in [0.25, 0.3) is 0 Å². The number of rotatable bonds is 9. The van der Waals surface area contributed by atoms with Crippen molar-refractivity contribution in [2.75, 3.05) is 53.0 Å². The number of guanidine groups is 1. The van der Waals surface area contributed by atoms with Gasteiger partial charge in [-0.1, -0.05) is 12.1 Å². The van der Waals surface area contributed by atoms with E-state index in [9.17, 15) is 0 Å². The molecule has 0 saturated carbocycles. The van der Waals surface area contributed by atoms with Gasteiger partial charge in [0, 0.05) is 25.3 Å². The average molecular weight is 419 g/mol. The molecule has 2 aliphatic rings. The number of para-hydroxylation sites is 2. The number of aliphatic imine (C=N–C) groups is 1.